The predicted molar refractivity (Wildman–Crippen MR) is 476 cm³/mol. The van der Waals surface area contributed by atoms with E-state index in [1.807, 2.05) is 93.9 Å². The Morgan fingerprint density at radius 1 is 0.134 bits per heavy atom. The van der Waals surface area contributed by atoms with Crippen LogP contribution in [0.15, 0.2) is 376 Å². The van der Waals surface area contributed by atoms with Crippen molar-refractivity contribution >= 4 is 126 Å². The van der Waals surface area contributed by atoms with E-state index in [1.165, 1.54) is 103 Å². The monoisotopic (exact) mass is 1500 g/mol. The average molecular weight is 1500 g/mol. The zero-order valence-electron chi connectivity index (χ0n) is 60.1. The second-order valence-corrected chi connectivity index (χ2v) is 32.3. The van der Waals surface area contributed by atoms with Gasteiger partial charge in [-0.15, -0.1) is 45.3 Å². The van der Waals surface area contributed by atoms with Gasteiger partial charge in [-0.05, 0) is 152 Å². The highest BCUT2D eigenvalue weighted by Gasteiger charge is 2.22. The van der Waals surface area contributed by atoms with Crippen molar-refractivity contribution < 1.29 is 0 Å². The molecule has 0 unspecified atom stereocenters. The molecule has 0 aliphatic rings. The lowest BCUT2D eigenvalue weighted by Gasteiger charge is -2.13. The molecule has 0 aliphatic heterocycles. The molecule has 0 aliphatic carbocycles. The largest absolute Gasteiger partial charge is 0.208 e. The molecule has 6 nitrogen and oxygen atoms in total. The van der Waals surface area contributed by atoms with Crippen molar-refractivity contribution in [1.82, 2.24) is 29.9 Å². The molecule has 0 atom stereocenters. The van der Waals surface area contributed by atoms with E-state index in [-0.39, 0.29) is 0 Å². The number of aromatic nitrogens is 6. The van der Waals surface area contributed by atoms with E-state index in [0.717, 1.165) is 77.9 Å². The molecule has 6 heterocycles. The van der Waals surface area contributed by atoms with Gasteiger partial charge in [0.1, 0.15) is 0 Å². The number of nitrogens with zero attached hydrogens (tertiary/aromatic N) is 6. The van der Waals surface area contributed by atoms with Crippen LogP contribution in [0.1, 0.15) is 0 Å². The SMILES string of the molecule is c1ccc(-c2ccc(-c3nc(-c4ccccc4)nc(-c4cc(-c5ccc6sc7ccccc7c6c5)cc(-c5ccc6sc7ccccc7c6c5)c4)n3)cc2)cc1.c1ccc(-c2ccc(-c3nc(-c4ccccc4)nc(-c4cc(-c5cccc6c5sc5ccccc56)cc(-c5cccc6c5sc5ccccc56)c4)n3)cc2)cc1. The van der Waals surface area contributed by atoms with Crippen LogP contribution in [0.3, 0.4) is 0 Å². The molecule has 0 saturated heterocycles. The standard InChI is InChI=1S/2C51H31N3S2/c1-3-13-32(14-4-1)33-25-27-35(28-26-33)50-52-49(34-15-5-2-6-16-34)53-51(54-50)38-30-36(39-19-11-21-43-41-17-7-9-23-45(41)55-47(39)43)29-37(31-38)40-20-12-22-44-42-18-8-10-24-46(42)56-48(40)44;1-3-11-32(12-4-1)33-19-21-35(22-20-33)50-52-49(34-13-5-2-6-14-34)53-51(54-50)40-28-38(36-23-25-47-43(30-36)41-15-7-9-17-45(41)55-47)27-39(29-40)37-24-26-48-44(31-37)42-16-8-10-18-46(42)56-48/h2*1-31H. The van der Waals surface area contributed by atoms with Gasteiger partial charge in [0, 0.05) is 114 Å². The van der Waals surface area contributed by atoms with E-state index in [4.69, 9.17) is 29.9 Å². The summed E-state index contributed by atoms with van der Waals surface area (Å²) < 4.78 is 10.3. The molecule has 10 heteroatoms. The first-order chi connectivity index (χ1) is 55.4. The summed E-state index contributed by atoms with van der Waals surface area (Å²) in [4.78, 5) is 31.0. The lowest BCUT2D eigenvalue weighted by Crippen LogP contribution is -2.00. The van der Waals surface area contributed by atoms with Crippen molar-refractivity contribution in [2.45, 2.75) is 0 Å². The van der Waals surface area contributed by atoms with Gasteiger partial charge in [0.25, 0.3) is 0 Å². The molecule has 6 aromatic heterocycles. The van der Waals surface area contributed by atoms with Crippen molar-refractivity contribution in [2.24, 2.45) is 0 Å². The normalized spacial score (nSPS) is 11.6. The van der Waals surface area contributed by atoms with Crippen LogP contribution in [-0.2, 0) is 0 Å². The van der Waals surface area contributed by atoms with Crippen molar-refractivity contribution in [2.75, 3.05) is 0 Å². The van der Waals surface area contributed by atoms with Crippen LogP contribution < -0.4 is 0 Å². The van der Waals surface area contributed by atoms with E-state index in [1.54, 1.807) is 0 Å². The van der Waals surface area contributed by atoms with Crippen molar-refractivity contribution in [3.8, 4) is 135 Å². The molecule has 22 aromatic rings. The summed E-state index contributed by atoms with van der Waals surface area (Å²) in [5, 5.41) is 10.2. The fraction of sp³-hybridized carbons (Fsp3) is 0. The summed E-state index contributed by atoms with van der Waals surface area (Å²) in [6.45, 7) is 0. The van der Waals surface area contributed by atoms with E-state index in [2.05, 4.69) is 328 Å². The Morgan fingerprint density at radius 3 is 0.750 bits per heavy atom. The van der Waals surface area contributed by atoms with Gasteiger partial charge >= 0.3 is 0 Å². The summed E-state index contributed by atoms with van der Waals surface area (Å²) >= 11 is 7.39. The molecule has 524 valence electrons. The van der Waals surface area contributed by atoms with Crippen LogP contribution in [0.4, 0.5) is 0 Å². The summed E-state index contributed by atoms with van der Waals surface area (Å²) in [5.74, 6) is 3.82. The maximum absolute atomic E-state index is 5.25. The van der Waals surface area contributed by atoms with Gasteiger partial charge in [-0.25, -0.2) is 29.9 Å². The highest BCUT2D eigenvalue weighted by molar-refractivity contribution is 7.27. The maximum atomic E-state index is 5.25. The van der Waals surface area contributed by atoms with Gasteiger partial charge in [0.2, 0.25) is 0 Å². The van der Waals surface area contributed by atoms with Crippen LogP contribution in [0.25, 0.3) is 216 Å². The molecule has 0 amide bonds. The highest BCUT2D eigenvalue weighted by Crippen LogP contribution is 2.47. The molecular weight excluding hydrogens is 1440 g/mol. The smallest absolute Gasteiger partial charge is 0.164 e. The number of benzene rings is 16. The molecule has 0 spiro atoms. The zero-order valence-corrected chi connectivity index (χ0v) is 63.4. The van der Waals surface area contributed by atoms with Gasteiger partial charge in [0.15, 0.2) is 34.9 Å². The molecule has 0 fully saturated rings. The Kier molecular flexibility index (Phi) is 16.9. The van der Waals surface area contributed by atoms with Gasteiger partial charge in [-0.2, -0.15) is 0 Å². The minimum absolute atomic E-state index is 0.633. The first-order valence-corrected chi connectivity index (χ1v) is 40.6. The minimum atomic E-state index is 0.633. The minimum Gasteiger partial charge on any atom is -0.208 e. The third kappa shape index (κ3) is 12.6. The topological polar surface area (TPSA) is 77.3 Å². The Balaban J connectivity index is 0.000000141. The number of hydrogen-bond acceptors (Lipinski definition) is 10. The third-order valence-electron chi connectivity index (χ3n) is 21.1. The predicted octanol–water partition coefficient (Wildman–Crippen LogP) is 29.2. The first-order valence-electron chi connectivity index (χ1n) is 37.3. The van der Waals surface area contributed by atoms with Gasteiger partial charge < -0.3 is 0 Å². The number of thiophene rings is 4. The summed E-state index contributed by atoms with van der Waals surface area (Å²) in [5.41, 5.74) is 19.5. The van der Waals surface area contributed by atoms with Crippen LogP contribution in [0.2, 0.25) is 0 Å². The molecule has 22 rings (SSSR count). The molecular formula is C102H62N6S4. The molecule has 0 N–H and O–H groups in total. The second-order valence-electron chi connectivity index (χ2n) is 28.0. The van der Waals surface area contributed by atoms with E-state index < -0.39 is 0 Å². The van der Waals surface area contributed by atoms with E-state index >= 15 is 0 Å². The zero-order chi connectivity index (χ0) is 74.0. The first kappa shape index (κ1) is 66.6. The number of rotatable bonds is 12. The molecule has 16 aromatic carbocycles. The average Bonchev–Trinajstić information content (AvgIpc) is 1.60. The van der Waals surface area contributed by atoms with Gasteiger partial charge in [-0.3, -0.25) is 0 Å². The van der Waals surface area contributed by atoms with Crippen LogP contribution >= 0.6 is 45.3 Å². The quantitative estimate of drug-likeness (QED) is 0.121. The second kappa shape index (κ2) is 28.5. The lowest BCUT2D eigenvalue weighted by molar-refractivity contribution is 1.07. The van der Waals surface area contributed by atoms with E-state index in [9.17, 15) is 0 Å². The molecule has 0 saturated carbocycles. The lowest BCUT2D eigenvalue weighted by atomic mass is 9.94. The number of fused-ring (bicyclic) bond motifs is 12. The van der Waals surface area contributed by atoms with Crippen molar-refractivity contribution in [3.63, 3.8) is 0 Å². The fourth-order valence-electron chi connectivity index (χ4n) is 15.5. The summed E-state index contributed by atoms with van der Waals surface area (Å²) in [6.07, 6.45) is 0. The van der Waals surface area contributed by atoms with Crippen LogP contribution in [0, 0.1) is 0 Å². The third-order valence-corrected chi connectivity index (χ3v) is 25.8. The summed E-state index contributed by atoms with van der Waals surface area (Å²) in [7, 11) is 0. The van der Waals surface area contributed by atoms with Crippen molar-refractivity contribution in [3.05, 3.63) is 376 Å². The maximum Gasteiger partial charge on any atom is 0.164 e. The Labute approximate surface area is 662 Å². The Bertz CT molecular complexity index is 7090. The summed E-state index contributed by atoms with van der Waals surface area (Å²) in [6, 6.07) is 134. The van der Waals surface area contributed by atoms with Gasteiger partial charge in [-0.1, -0.05) is 291 Å². The highest BCUT2D eigenvalue weighted by atomic mass is 32.1. The molecule has 112 heavy (non-hydrogen) atoms. The van der Waals surface area contributed by atoms with Crippen molar-refractivity contribution in [1.29, 1.82) is 0 Å². The Morgan fingerprint density at radius 2 is 0.375 bits per heavy atom. The van der Waals surface area contributed by atoms with Crippen LogP contribution in [-0.4, -0.2) is 29.9 Å². The number of hydrogen-bond donors (Lipinski definition) is 0. The molecule has 0 bridgehead atoms. The van der Waals surface area contributed by atoms with Crippen LogP contribution in [0.5, 0.6) is 0 Å². The van der Waals surface area contributed by atoms with E-state index in [0.29, 0.717) is 34.9 Å². The molecule has 0 radical (unpaired) electrons. The fourth-order valence-corrected chi connectivity index (χ4v) is 20.2. The Hall–Kier alpha value is -13.6. The van der Waals surface area contributed by atoms with Gasteiger partial charge in [0.05, 0.1) is 0 Å².